The molecule has 0 spiro atoms. The molecule has 140 valence electrons. The molecule has 0 radical (unpaired) electrons. The number of halogens is 4. The maximum Gasteiger partial charge on any atom is 0.416 e. The minimum Gasteiger partial charge on any atom is -0.495 e. The lowest BCUT2D eigenvalue weighted by molar-refractivity contribution is -0.885. The summed E-state index contributed by atoms with van der Waals surface area (Å²) in [5, 5.41) is 3.12. The van der Waals surface area contributed by atoms with Crippen LogP contribution in [0.25, 0.3) is 0 Å². The zero-order valence-corrected chi connectivity index (χ0v) is 15.0. The van der Waals surface area contributed by atoms with Crippen LogP contribution >= 0.6 is 11.6 Å². The largest absolute Gasteiger partial charge is 0.495 e. The van der Waals surface area contributed by atoms with Gasteiger partial charge in [0.2, 0.25) is 0 Å². The number of rotatable bonds is 6. The summed E-state index contributed by atoms with van der Waals surface area (Å²) >= 11 is 6.01. The molecule has 0 saturated heterocycles. The fourth-order valence-electron chi connectivity index (χ4n) is 2.45. The van der Waals surface area contributed by atoms with E-state index in [1.165, 1.54) is 19.2 Å². The van der Waals surface area contributed by atoms with Gasteiger partial charge in [0, 0.05) is 11.3 Å². The molecule has 0 fully saturated rings. The fourth-order valence-corrected chi connectivity index (χ4v) is 2.70. The Bertz CT molecular complexity index is 764. The number of methoxy groups -OCH3 is 1. The monoisotopic (exact) mass is 387 g/mol. The highest BCUT2D eigenvalue weighted by molar-refractivity contribution is 6.32. The average Bonchev–Trinajstić information content (AvgIpc) is 2.54. The van der Waals surface area contributed by atoms with Crippen LogP contribution in [0.4, 0.5) is 18.9 Å². The molecule has 1 amide bonds. The quantitative estimate of drug-likeness (QED) is 0.800. The molecule has 0 aliphatic carbocycles. The van der Waals surface area contributed by atoms with E-state index in [-0.39, 0.29) is 12.5 Å². The summed E-state index contributed by atoms with van der Waals surface area (Å²) in [7, 11) is 3.29. The number of carbonyl (C=O) groups is 1. The van der Waals surface area contributed by atoms with E-state index in [0.717, 1.165) is 22.6 Å². The molecular formula is C18H19ClF3N2O2+. The van der Waals surface area contributed by atoms with Crippen LogP contribution in [0.5, 0.6) is 5.75 Å². The van der Waals surface area contributed by atoms with Crippen LogP contribution in [0.15, 0.2) is 42.5 Å². The van der Waals surface area contributed by atoms with Gasteiger partial charge < -0.3 is 15.0 Å². The summed E-state index contributed by atoms with van der Waals surface area (Å²) in [6.45, 7) is 0.583. The number of anilines is 1. The molecular weight excluding hydrogens is 369 g/mol. The van der Waals surface area contributed by atoms with Crippen molar-refractivity contribution >= 4 is 23.2 Å². The molecule has 0 aliphatic rings. The van der Waals surface area contributed by atoms with Crippen LogP contribution < -0.4 is 15.0 Å². The van der Waals surface area contributed by atoms with E-state index in [2.05, 4.69) is 5.32 Å². The molecule has 1 unspecified atom stereocenters. The van der Waals surface area contributed by atoms with E-state index in [4.69, 9.17) is 16.3 Å². The van der Waals surface area contributed by atoms with Gasteiger partial charge in [-0.15, -0.1) is 0 Å². The van der Waals surface area contributed by atoms with Gasteiger partial charge in [0.05, 0.1) is 24.7 Å². The number of hydrogen-bond donors (Lipinski definition) is 2. The summed E-state index contributed by atoms with van der Waals surface area (Å²) < 4.78 is 42.7. The molecule has 0 saturated carbocycles. The Kier molecular flexibility index (Phi) is 6.50. The van der Waals surface area contributed by atoms with E-state index >= 15 is 0 Å². The van der Waals surface area contributed by atoms with Gasteiger partial charge in [-0.05, 0) is 30.3 Å². The number of benzene rings is 2. The summed E-state index contributed by atoms with van der Waals surface area (Å²) in [6.07, 6.45) is -4.35. The van der Waals surface area contributed by atoms with Gasteiger partial charge in [-0.25, -0.2) is 0 Å². The number of hydrogen-bond acceptors (Lipinski definition) is 2. The summed E-state index contributed by atoms with van der Waals surface area (Å²) in [6, 6.07) is 9.85. The van der Waals surface area contributed by atoms with Crippen molar-refractivity contribution in [3.05, 3.63) is 58.6 Å². The summed E-state index contributed by atoms with van der Waals surface area (Å²) in [5.74, 6) is 0.283. The van der Waals surface area contributed by atoms with Gasteiger partial charge in [0.25, 0.3) is 5.91 Å². The highest BCUT2D eigenvalue weighted by Crippen LogP contribution is 2.29. The van der Waals surface area contributed by atoms with Crippen molar-refractivity contribution in [3.8, 4) is 5.75 Å². The lowest BCUT2D eigenvalue weighted by atomic mass is 10.1. The van der Waals surface area contributed by atoms with Crippen LogP contribution in [-0.2, 0) is 17.5 Å². The maximum absolute atomic E-state index is 12.6. The van der Waals surface area contributed by atoms with Crippen LogP contribution in [0.3, 0.4) is 0 Å². The first-order valence-electron chi connectivity index (χ1n) is 7.80. The van der Waals surface area contributed by atoms with Gasteiger partial charge in [-0.1, -0.05) is 23.7 Å². The Morgan fingerprint density at radius 2 is 1.85 bits per heavy atom. The molecule has 2 aromatic rings. The Morgan fingerprint density at radius 3 is 2.38 bits per heavy atom. The fraction of sp³-hybridized carbons (Fsp3) is 0.278. The summed E-state index contributed by atoms with van der Waals surface area (Å²) in [5.41, 5.74) is 0.576. The zero-order chi connectivity index (χ0) is 19.3. The van der Waals surface area contributed by atoms with Crippen LogP contribution in [0, 0.1) is 0 Å². The van der Waals surface area contributed by atoms with E-state index in [1.54, 1.807) is 25.2 Å². The van der Waals surface area contributed by atoms with Gasteiger partial charge in [0.1, 0.15) is 12.3 Å². The van der Waals surface area contributed by atoms with Gasteiger partial charge in [-0.3, -0.25) is 4.79 Å². The minimum atomic E-state index is -4.35. The van der Waals surface area contributed by atoms with E-state index in [9.17, 15) is 18.0 Å². The zero-order valence-electron chi connectivity index (χ0n) is 14.3. The predicted molar refractivity (Wildman–Crippen MR) is 93.5 cm³/mol. The van der Waals surface area contributed by atoms with Crippen molar-refractivity contribution in [2.45, 2.75) is 12.7 Å². The Hall–Kier alpha value is -2.25. The second kappa shape index (κ2) is 8.42. The molecule has 1 atom stereocenters. The van der Waals surface area contributed by atoms with E-state index < -0.39 is 11.7 Å². The first kappa shape index (κ1) is 20.1. The van der Waals surface area contributed by atoms with Crippen molar-refractivity contribution < 1.29 is 27.6 Å². The molecule has 4 nitrogen and oxygen atoms in total. The molecule has 0 aromatic heterocycles. The Balaban J connectivity index is 1.89. The number of nitrogens with one attached hydrogen (secondary N) is 2. The number of quaternary nitrogens is 1. The molecule has 2 aromatic carbocycles. The van der Waals surface area contributed by atoms with Gasteiger partial charge >= 0.3 is 6.18 Å². The lowest BCUT2D eigenvalue weighted by Crippen LogP contribution is -3.08. The van der Waals surface area contributed by atoms with E-state index in [0.29, 0.717) is 23.0 Å². The molecule has 8 heteroatoms. The molecule has 0 heterocycles. The van der Waals surface area contributed by atoms with Crippen LogP contribution in [-0.4, -0.2) is 26.6 Å². The topological polar surface area (TPSA) is 42.8 Å². The van der Waals surface area contributed by atoms with Crippen LogP contribution in [0.2, 0.25) is 5.02 Å². The number of alkyl halides is 3. The SMILES string of the molecule is COc1ccc(NC(=O)C[NH+](C)Cc2ccc(C(F)(F)F)cc2)cc1Cl. The number of ether oxygens (including phenoxy) is 1. The Labute approximate surface area is 154 Å². The van der Waals surface area contributed by atoms with E-state index in [1.807, 2.05) is 0 Å². The van der Waals surface area contributed by atoms with Crippen molar-refractivity contribution in [1.29, 1.82) is 0 Å². The van der Waals surface area contributed by atoms with Crippen molar-refractivity contribution in [2.24, 2.45) is 0 Å². The third kappa shape index (κ3) is 5.64. The maximum atomic E-state index is 12.6. The third-order valence-corrected chi connectivity index (χ3v) is 3.98. The van der Waals surface area contributed by atoms with Crippen molar-refractivity contribution in [3.63, 3.8) is 0 Å². The standard InChI is InChI=1S/C18H18ClF3N2O2/c1-24(10-12-3-5-13(6-4-12)18(20,21)22)11-17(25)23-14-7-8-16(26-2)15(19)9-14/h3-9H,10-11H2,1-2H3,(H,23,25)/p+1. The number of carbonyl (C=O) groups excluding carboxylic acids is 1. The number of likely N-dealkylation sites (N-methyl/N-ethyl adjacent to an activating group) is 1. The molecule has 26 heavy (non-hydrogen) atoms. The van der Waals surface area contributed by atoms with Crippen molar-refractivity contribution in [1.82, 2.24) is 0 Å². The second-order valence-electron chi connectivity index (χ2n) is 5.90. The first-order valence-corrected chi connectivity index (χ1v) is 8.17. The minimum absolute atomic E-state index is 0.157. The van der Waals surface area contributed by atoms with Gasteiger partial charge in [0.15, 0.2) is 6.54 Å². The normalized spacial score (nSPS) is 12.5. The highest BCUT2D eigenvalue weighted by Gasteiger charge is 2.30. The summed E-state index contributed by atoms with van der Waals surface area (Å²) in [4.78, 5) is 12.9. The molecule has 2 rings (SSSR count). The van der Waals surface area contributed by atoms with Crippen LogP contribution in [0.1, 0.15) is 11.1 Å². The number of amides is 1. The smallest absolute Gasteiger partial charge is 0.416 e. The van der Waals surface area contributed by atoms with Gasteiger partial charge in [-0.2, -0.15) is 13.2 Å². The average molecular weight is 388 g/mol. The lowest BCUT2D eigenvalue weighted by Gasteiger charge is -2.15. The van der Waals surface area contributed by atoms with Crippen molar-refractivity contribution in [2.75, 3.05) is 26.0 Å². The third-order valence-electron chi connectivity index (χ3n) is 3.69. The molecule has 2 N–H and O–H groups in total. The Morgan fingerprint density at radius 1 is 1.19 bits per heavy atom. The first-order chi connectivity index (χ1) is 12.2. The molecule has 0 aliphatic heterocycles. The highest BCUT2D eigenvalue weighted by atomic mass is 35.5. The molecule has 0 bridgehead atoms. The second-order valence-corrected chi connectivity index (χ2v) is 6.31. The predicted octanol–water partition coefficient (Wildman–Crippen LogP) is 3.02.